The predicted molar refractivity (Wildman–Crippen MR) is 130 cm³/mol. The maximum atomic E-state index is 12.1. The van der Waals surface area contributed by atoms with E-state index in [0.717, 1.165) is 0 Å². The number of esters is 4. The van der Waals surface area contributed by atoms with E-state index in [4.69, 9.17) is 18.9 Å². The average molecular weight is 536 g/mol. The van der Waals surface area contributed by atoms with Gasteiger partial charge in [-0.25, -0.2) is 4.90 Å². The lowest BCUT2D eigenvalue weighted by molar-refractivity contribution is -0.155. The number of nitrogens with zero attached hydrogens (tertiary/aromatic N) is 1. The molecule has 0 aliphatic carbocycles. The molecule has 0 aromatic carbocycles. The molecule has 0 aliphatic rings. The van der Waals surface area contributed by atoms with E-state index in [1.807, 2.05) is 0 Å². The Morgan fingerprint density at radius 1 is 0.595 bits per heavy atom. The number of aliphatic carboxylic acids is 1. The highest BCUT2D eigenvalue weighted by Crippen LogP contribution is 2.19. The van der Waals surface area contributed by atoms with Gasteiger partial charge in [-0.05, 0) is 41.5 Å². The summed E-state index contributed by atoms with van der Waals surface area (Å²) in [4.78, 5) is 61.6. The number of carboxylic acid groups (broad SMARTS) is 1. The lowest BCUT2D eigenvalue weighted by Crippen LogP contribution is -2.79. The first-order valence-electron chi connectivity index (χ1n) is 12.0. The zero-order valence-corrected chi connectivity index (χ0v) is 22.4. The summed E-state index contributed by atoms with van der Waals surface area (Å²) in [5.41, 5.74) is 0. The second-order valence-corrected chi connectivity index (χ2v) is 7.76. The van der Waals surface area contributed by atoms with Crippen molar-refractivity contribution in [3.63, 3.8) is 0 Å². The minimum atomic E-state index is -1.62. The molecular weight excluding hydrogens is 494 g/mol. The van der Waals surface area contributed by atoms with Crippen LogP contribution in [0.5, 0.6) is 0 Å². The molecule has 0 atom stereocenters. The lowest BCUT2D eigenvalue weighted by atomic mass is 10.2. The standard InChI is InChI=1S/C22H41N5O10/c1-7-34-17(30)11-23-21(5,24-12-18(31)35-8-2)27(15-16(28)29)22(6,25-13-19(32)36-9-3)26-14-20(33)37-10-4/h23-26H,7-15H2,1-6H3,(H,28,29). The minimum absolute atomic E-state index is 0.117. The summed E-state index contributed by atoms with van der Waals surface area (Å²) in [7, 11) is 0. The van der Waals surface area contributed by atoms with Crippen LogP contribution in [0.2, 0.25) is 0 Å². The highest BCUT2D eigenvalue weighted by atomic mass is 16.5. The molecule has 0 rings (SSSR count). The van der Waals surface area contributed by atoms with Crippen molar-refractivity contribution in [1.29, 1.82) is 0 Å². The van der Waals surface area contributed by atoms with Crippen LogP contribution in [-0.2, 0) is 42.9 Å². The molecule has 0 amide bonds. The van der Waals surface area contributed by atoms with Gasteiger partial charge >= 0.3 is 29.8 Å². The molecular formula is C22H41N5O10. The van der Waals surface area contributed by atoms with Gasteiger partial charge in [0.05, 0.1) is 52.6 Å². The van der Waals surface area contributed by atoms with E-state index in [1.54, 1.807) is 27.7 Å². The summed E-state index contributed by atoms with van der Waals surface area (Å²) < 4.78 is 19.8. The van der Waals surface area contributed by atoms with Crippen LogP contribution >= 0.6 is 0 Å². The van der Waals surface area contributed by atoms with E-state index >= 15 is 0 Å². The molecule has 0 spiro atoms. The van der Waals surface area contributed by atoms with Crippen LogP contribution in [0.3, 0.4) is 0 Å². The van der Waals surface area contributed by atoms with Gasteiger partial charge in [-0.2, -0.15) is 0 Å². The second-order valence-electron chi connectivity index (χ2n) is 7.76. The van der Waals surface area contributed by atoms with Gasteiger partial charge in [0.25, 0.3) is 0 Å². The average Bonchev–Trinajstić information content (AvgIpc) is 2.83. The zero-order valence-electron chi connectivity index (χ0n) is 22.4. The molecule has 0 aliphatic heterocycles. The van der Waals surface area contributed by atoms with Crippen molar-refractivity contribution >= 4 is 29.8 Å². The summed E-state index contributed by atoms with van der Waals surface area (Å²) in [5, 5.41) is 21.2. The molecule has 15 nitrogen and oxygen atoms in total. The first kappa shape index (κ1) is 34.1. The monoisotopic (exact) mass is 535 g/mol. The van der Waals surface area contributed by atoms with Crippen molar-refractivity contribution in [3.05, 3.63) is 0 Å². The summed E-state index contributed by atoms with van der Waals surface area (Å²) in [5.74, 6) is -7.06. The Morgan fingerprint density at radius 3 is 1.03 bits per heavy atom. The van der Waals surface area contributed by atoms with E-state index < -0.39 is 48.0 Å². The third kappa shape index (κ3) is 13.3. The van der Waals surface area contributed by atoms with E-state index in [-0.39, 0.29) is 52.6 Å². The van der Waals surface area contributed by atoms with Gasteiger partial charge in [-0.15, -0.1) is 0 Å². The Morgan fingerprint density at radius 2 is 0.838 bits per heavy atom. The van der Waals surface area contributed by atoms with Crippen molar-refractivity contribution in [2.24, 2.45) is 0 Å². The number of carboxylic acids is 1. The van der Waals surface area contributed by atoms with Crippen molar-refractivity contribution in [2.75, 3.05) is 59.2 Å². The van der Waals surface area contributed by atoms with E-state index in [1.165, 1.54) is 18.7 Å². The first-order chi connectivity index (χ1) is 17.4. The molecule has 15 heteroatoms. The predicted octanol–water partition coefficient (Wildman–Crippen LogP) is -1.67. The van der Waals surface area contributed by atoms with Crippen LogP contribution in [0.25, 0.3) is 0 Å². The molecule has 0 heterocycles. The van der Waals surface area contributed by atoms with Crippen LogP contribution < -0.4 is 21.3 Å². The fraction of sp³-hybridized carbons (Fsp3) is 0.773. The van der Waals surface area contributed by atoms with Crippen molar-refractivity contribution < 1.29 is 48.0 Å². The van der Waals surface area contributed by atoms with Crippen molar-refractivity contribution in [1.82, 2.24) is 26.2 Å². The smallest absolute Gasteiger partial charge is 0.320 e. The molecule has 0 unspecified atom stereocenters. The number of ether oxygens (including phenoxy) is 4. The number of rotatable bonds is 20. The van der Waals surface area contributed by atoms with Gasteiger partial charge in [-0.1, -0.05) is 0 Å². The third-order valence-corrected chi connectivity index (χ3v) is 4.90. The zero-order chi connectivity index (χ0) is 28.5. The van der Waals surface area contributed by atoms with Crippen LogP contribution in [0, 0.1) is 0 Å². The Hall–Kier alpha value is -2.85. The van der Waals surface area contributed by atoms with Crippen LogP contribution in [0.1, 0.15) is 41.5 Å². The molecule has 37 heavy (non-hydrogen) atoms. The number of hydrogen-bond donors (Lipinski definition) is 5. The summed E-state index contributed by atoms with van der Waals surface area (Å²) >= 11 is 0. The Labute approximate surface area is 216 Å². The Balaban J connectivity index is 6.38. The van der Waals surface area contributed by atoms with Gasteiger partial charge in [0.15, 0.2) is 0 Å². The highest BCUT2D eigenvalue weighted by molar-refractivity contribution is 5.74. The van der Waals surface area contributed by atoms with Crippen LogP contribution in [0.4, 0.5) is 0 Å². The van der Waals surface area contributed by atoms with E-state index in [9.17, 15) is 29.1 Å². The maximum Gasteiger partial charge on any atom is 0.320 e. The van der Waals surface area contributed by atoms with Crippen LogP contribution in [0.15, 0.2) is 0 Å². The Bertz CT molecular complexity index is 666. The normalized spacial score (nSPS) is 11.6. The molecule has 0 aromatic rings. The molecule has 214 valence electrons. The fourth-order valence-electron chi connectivity index (χ4n) is 3.23. The van der Waals surface area contributed by atoms with Crippen molar-refractivity contribution in [2.45, 2.75) is 53.1 Å². The third-order valence-electron chi connectivity index (χ3n) is 4.90. The molecule has 0 fully saturated rings. The first-order valence-corrected chi connectivity index (χ1v) is 12.0. The van der Waals surface area contributed by atoms with E-state index in [2.05, 4.69) is 21.3 Å². The summed E-state index contributed by atoms with van der Waals surface area (Å²) in [6.45, 7) is 7.75. The molecule has 0 saturated heterocycles. The van der Waals surface area contributed by atoms with Gasteiger partial charge in [0.1, 0.15) is 18.1 Å². The highest BCUT2D eigenvalue weighted by Gasteiger charge is 2.45. The summed E-state index contributed by atoms with van der Waals surface area (Å²) in [6.07, 6.45) is 0. The van der Waals surface area contributed by atoms with Gasteiger partial charge in [-0.3, -0.25) is 45.2 Å². The summed E-state index contributed by atoms with van der Waals surface area (Å²) in [6, 6.07) is 0. The van der Waals surface area contributed by atoms with Crippen molar-refractivity contribution in [3.8, 4) is 0 Å². The maximum absolute atomic E-state index is 12.1. The SMILES string of the molecule is CCOC(=O)CNC(C)(NCC(=O)OCC)N(CC(=O)O)C(C)(NCC(=O)OCC)NCC(=O)OCC. The molecule has 5 N–H and O–H groups in total. The number of carbonyl (C=O) groups excluding carboxylic acids is 4. The van der Waals surface area contributed by atoms with Gasteiger partial charge in [0, 0.05) is 0 Å². The quantitative estimate of drug-likeness (QED) is 0.0674. The van der Waals surface area contributed by atoms with Gasteiger partial charge in [0.2, 0.25) is 0 Å². The minimum Gasteiger partial charge on any atom is -0.480 e. The number of carbonyl (C=O) groups is 5. The molecule has 0 saturated carbocycles. The number of nitrogens with one attached hydrogen (secondary N) is 4. The fourth-order valence-corrected chi connectivity index (χ4v) is 3.23. The lowest BCUT2D eigenvalue weighted by Gasteiger charge is -2.51. The van der Waals surface area contributed by atoms with Gasteiger partial charge < -0.3 is 24.1 Å². The topological polar surface area (TPSA) is 194 Å². The molecule has 0 bridgehead atoms. The van der Waals surface area contributed by atoms with Crippen LogP contribution in [-0.4, -0.2) is 111 Å². The Kier molecular flexibility index (Phi) is 16.2. The second kappa shape index (κ2) is 17.6. The number of hydrogen-bond acceptors (Lipinski definition) is 14. The molecule has 0 radical (unpaired) electrons. The molecule has 0 aromatic heterocycles. The van der Waals surface area contributed by atoms with E-state index in [0.29, 0.717) is 0 Å². The largest absolute Gasteiger partial charge is 0.480 e.